The number of nitrogens with two attached hydrogens (primary N) is 1. The van der Waals surface area contributed by atoms with Gasteiger partial charge in [0.05, 0.1) is 6.54 Å². The lowest BCUT2D eigenvalue weighted by atomic mass is 10.1. The molecule has 3 N–H and O–H groups in total. The number of allylic oxidation sites excluding steroid dienone is 2. The lowest BCUT2D eigenvalue weighted by molar-refractivity contribution is 0.482. The number of amidine groups is 1. The van der Waals surface area contributed by atoms with Crippen LogP contribution in [0.4, 0.5) is 5.69 Å². The van der Waals surface area contributed by atoms with E-state index in [9.17, 15) is 0 Å². The number of nitrogens with one attached hydrogen (secondary N) is 1. The van der Waals surface area contributed by atoms with Crippen LogP contribution in [-0.2, 0) is 6.54 Å². The number of anilines is 1. The van der Waals surface area contributed by atoms with Crippen molar-refractivity contribution in [2.45, 2.75) is 66.8 Å². The Balaban J connectivity index is 0.000000678. The molecule has 0 aromatic heterocycles. The molecule has 0 atom stereocenters. The highest BCUT2D eigenvalue weighted by Gasteiger charge is 2.08. The van der Waals surface area contributed by atoms with E-state index in [0.29, 0.717) is 18.2 Å². The standard InChI is InChI=1S/C26H29N3O.C6H14/c1-19(2)16-20(3)29-26(24-14-7-8-15-25(24)27)28-18-21-10-9-13-23(17-21)30-22-11-5-4-6-12-22;1-3-5-6-4-2/h4-17,19H,18,27H2,1-3H3,(H,28,29);3-6H2,1-2H3/b20-16+;. The molecule has 0 saturated heterocycles. The summed E-state index contributed by atoms with van der Waals surface area (Å²) in [4.78, 5) is 4.85. The molecule has 3 aromatic carbocycles. The number of nitrogen functional groups attached to an aromatic ring is 1. The molecule has 4 nitrogen and oxygen atoms in total. The summed E-state index contributed by atoms with van der Waals surface area (Å²) in [6.07, 6.45) is 7.71. The first kappa shape index (κ1) is 28.7. The van der Waals surface area contributed by atoms with E-state index in [1.165, 1.54) is 25.7 Å². The largest absolute Gasteiger partial charge is 0.457 e. The Labute approximate surface area is 218 Å². The van der Waals surface area contributed by atoms with E-state index in [1.54, 1.807) is 0 Å². The maximum absolute atomic E-state index is 6.22. The minimum atomic E-state index is 0.443. The summed E-state index contributed by atoms with van der Waals surface area (Å²) >= 11 is 0. The van der Waals surface area contributed by atoms with Gasteiger partial charge in [-0.05, 0) is 54.8 Å². The first-order valence-corrected chi connectivity index (χ1v) is 13.1. The third kappa shape index (κ3) is 10.8. The molecule has 3 rings (SSSR count). The number of unbranched alkanes of at least 4 members (excludes halogenated alkanes) is 3. The Kier molecular flexibility index (Phi) is 12.9. The van der Waals surface area contributed by atoms with Crippen molar-refractivity contribution in [2.24, 2.45) is 10.9 Å². The van der Waals surface area contributed by atoms with Crippen LogP contribution in [0.1, 0.15) is 71.4 Å². The van der Waals surface area contributed by atoms with Crippen LogP contribution in [0, 0.1) is 5.92 Å². The van der Waals surface area contributed by atoms with Gasteiger partial charge in [-0.15, -0.1) is 0 Å². The zero-order chi connectivity index (χ0) is 26.2. The lowest BCUT2D eigenvalue weighted by Gasteiger charge is -2.14. The summed E-state index contributed by atoms with van der Waals surface area (Å²) in [5, 5.41) is 3.43. The second-order valence-corrected chi connectivity index (χ2v) is 9.24. The SMILES string of the molecule is C/C(=C\C(C)C)NC(=NCc1cccc(Oc2ccccc2)c1)c1ccccc1N.CCCCCC. The Morgan fingerprint density at radius 3 is 2.17 bits per heavy atom. The zero-order valence-corrected chi connectivity index (χ0v) is 22.6. The first-order valence-electron chi connectivity index (χ1n) is 13.1. The van der Waals surface area contributed by atoms with Crippen molar-refractivity contribution in [2.75, 3.05) is 5.73 Å². The molecule has 0 radical (unpaired) electrons. The van der Waals surface area contributed by atoms with Crippen LogP contribution in [0.3, 0.4) is 0 Å². The fraction of sp³-hybridized carbons (Fsp3) is 0.344. The number of aliphatic imine (C=N–C) groups is 1. The van der Waals surface area contributed by atoms with Gasteiger partial charge >= 0.3 is 0 Å². The summed E-state index contributed by atoms with van der Waals surface area (Å²) < 4.78 is 5.94. The quantitative estimate of drug-likeness (QED) is 0.131. The molecular weight excluding hydrogens is 442 g/mol. The number of ether oxygens (including phenoxy) is 1. The van der Waals surface area contributed by atoms with Crippen molar-refractivity contribution in [1.82, 2.24) is 5.32 Å². The Morgan fingerprint density at radius 2 is 1.53 bits per heavy atom. The molecule has 192 valence electrons. The molecule has 0 aliphatic rings. The molecule has 0 aliphatic carbocycles. The van der Waals surface area contributed by atoms with Gasteiger partial charge < -0.3 is 15.8 Å². The summed E-state index contributed by atoms with van der Waals surface area (Å²) in [5.74, 6) is 2.81. The van der Waals surface area contributed by atoms with Crippen LogP contribution in [0.15, 0.2) is 95.6 Å². The molecule has 0 saturated carbocycles. The highest BCUT2D eigenvalue weighted by Crippen LogP contribution is 2.22. The highest BCUT2D eigenvalue weighted by molar-refractivity contribution is 6.03. The summed E-state index contributed by atoms with van der Waals surface area (Å²) in [5.41, 5.74) is 9.92. The second kappa shape index (κ2) is 16.2. The molecule has 0 fully saturated rings. The zero-order valence-electron chi connectivity index (χ0n) is 22.6. The number of hydrogen-bond donors (Lipinski definition) is 2. The van der Waals surface area contributed by atoms with E-state index in [2.05, 4.69) is 39.1 Å². The maximum Gasteiger partial charge on any atom is 0.134 e. The van der Waals surface area contributed by atoms with Gasteiger partial charge in [-0.25, -0.2) is 0 Å². The minimum Gasteiger partial charge on any atom is -0.457 e. The topological polar surface area (TPSA) is 59.6 Å². The first-order chi connectivity index (χ1) is 17.4. The van der Waals surface area contributed by atoms with Gasteiger partial charge in [0, 0.05) is 16.9 Å². The number of hydrogen-bond acceptors (Lipinski definition) is 3. The van der Waals surface area contributed by atoms with E-state index < -0.39 is 0 Å². The molecule has 0 unspecified atom stereocenters. The van der Waals surface area contributed by atoms with Crippen molar-refractivity contribution >= 4 is 11.5 Å². The minimum absolute atomic E-state index is 0.443. The van der Waals surface area contributed by atoms with Crippen molar-refractivity contribution in [1.29, 1.82) is 0 Å². The average Bonchev–Trinajstić information content (AvgIpc) is 2.86. The molecule has 0 heterocycles. The van der Waals surface area contributed by atoms with Crippen molar-refractivity contribution < 1.29 is 4.74 Å². The van der Waals surface area contributed by atoms with E-state index in [1.807, 2.05) is 85.8 Å². The van der Waals surface area contributed by atoms with Gasteiger partial charge in [-0.1, -0.05) is 102 Å². The lowest BCUT2D eigenvalue weighted by Crippen LogP contribution is -2.24. The molecule has 4 heteroatoms. The number of para-hydroxylation sites is 2. The van der Waals surface area contributed by atoms with Crippen LogP contribution in [0.5, 0.6) is 11.5 Å². The highest BCUT2D eigenvalue weighted by atomic mass is 16.5. The molecule has 0 spiro atoms. The Morgan fingerprint density at radius 1 is 0.889 bits per heavy atom. The third-order valence-electron chi connectivity index (χ3n) is 5.37. The van der Waals surface area contributed by atoms with Gasteiger partial charge in [0.2, 0.25) is 0 Å². The van der Waals surface area contributed by atoms with Gasteiger partial charge in [0.25, 0.3) is 0 Å². The normalized spacial score (nSPS) is 11.6. The molecule has 36 heavy (non-hydrogen) atoms. The molecule has 0 amide bonds. The van der Waals surface area contributed by atoms with Crippen LogP contribution in [0.2, 0.25) is 0 Å². The smallest absolute Gasteiger partial charge is 0.134 e. The summed E-state index contributed by atoms with van der Waals surface area (Å²) in [7, 11) is 0. The van der Waals surface area contributed by atoms with E-state index >= 15 is 0 Å². The fourth-order valence-electron chi connectivity index (χ4n) is 3.64. The predicted octanol–water partition coefficient (Wildman–Crippen LogP) is 8.74. The summed E-state index contributed by atoms with van der Waals surface area (Å²) in [6.45, 7) is 11.3. The third-order valence-corrected chi connectivity index (χ3v) is 5.37. The number of benzene rings is 3. The number of rotatable bonds is 10. The molecular formula is C32H43N3O. The van der Waals surface area contributed by atoms with Crippen LogP contribution in [0.25, 0.3) is 0 Å². The molecule has 0 aliphatic heterocycles. The van der Waals surface area contributed by atoms with Gasteiger partial charge in [0.15, 0.2) is 0 Å². The monoisotopic (exact) mass is 485 g/mol. The molecule has 3 aromatic rings. The maximum atomic E-state index is 6.22. The predicted molar refractivity (Wildman–Crippen MR) is 156 cm³/mol. The van der Waals surface area contributed by atoms with Crippen molar-refractivity contribution in [3.63, 3.8) is 0 Å². The van der Waals surface area contributed by atoms with E-state index in [-0.39, 0.29) is 0 Å². The van der Waals surface area contributed by atoms with Gasteiger partial charge in [0.1, 0.15) is 17.3 Å². The Hall–Kier alpha value is -3.53. The van der Waals surface area contributed by atoms with E-state index in [0.717, 1.165) is 34.2 Å². The van der Waals surface area contributed by atoms with Crippen molar-refractivity contribution in [3.8, 4) is 11.5 Å². The van der Waals surface area contributed by atoms with E-state index in [4.69, 9.17) is 15.5 Å². The van der Waals surface area contributed by atoms with Crippen molar-refractivity contribution in [3.05, 3.63) is 102 Å². The fourth-order valence-corrected chi connectivity index (χ4v) is 3.64. The summed E-state index contributed by atoms with van der Waals surface area (Å²) in [6, 6.07) is 25.5. The average molecular weight is 486 g/mol. The van der Waals surface area contributed by atoms with Crippen LogP contribution < -0.4 is 15.8 Å². The van der Waals surface area contributed by atoms with Crippen LogP contribution in [-0.4, -0.2) is 5.84 Å². The van der Waals surface area contributed by atoms with Crippen LogP contribution >= 0.6 is 0 Å². The van der Waals surface area contributed by atoms with Gasteiger partial charge in [-0.3, -0.25) is 4.99 Å². The molecule has 0 bridgehead atoms. The van der Waals surface area contributed by atoms with Gasteiger partial charge in [-0.2, -0.15) is 0 Å². The second-order valence-electron chi connectivity index (χ2n) is 9.24. The Bertz CT molecular complexity index is 1080. The number of nitrogens with zero attached hydrogens (tertiary/aromatic N) is 1.